The topological polar surface area (TPSA) is 91.8 Å². The standard InChI is InChI=1S/C20H14N4O2S/c21-9-4-10-22-19(25)14-7-8-17-15(11-14)18(24-26-17)16-12-27-20(23-16)13-5-2-1-3-6-13/h1-3,5-8,11-12H,4,10H2,(H,22,25). The van der Waals surface area contributed by atoms with Crippen molar-refractivity contribution in [1.29, 1.82) is 5.26 Å². The van der Waals surface area contributed by atoms with E-state index < -0.39 is 0 Å². The van der Waals surface area contributed by atoms with Gasteiger partial charge in [0.05, 0.1) is 17.9 Å². The molecule has 1 N–H and O–H groups in total. The van der Waals surface area contributed by atoms with Crippen LogP contribution in [0.1, 0.15) is 16.8 Å². The van der Waals surface area contributed by atoms with Gasteiger partial charge in [0.2, 0.25) is 0 Å². The van der Waals surface area contributed by atoms with Crippen LogP contribution in [0.3, 0.4) is 0 Å². The van der Waals surface area contributed by atoms with E-state index in [9.17, 15) is 4.79 Å². The van der Waals surface area contributed by atoms with Crippen LogP contribution in [0.25, 0.3) is 32.9 Å². The molecule has 0 atom stereocenters. The van der Waals surface area contributed by atoms with Gasteiger partial charge in [0.1, 0.15) is 16.4 Å². The van der Waals surface area contributed by atoms with Crippen molar-refractivity contribution in [1.82, 2.24) is 15.5 Å². The number of rotatable bonds is 5. The minimum absolute atomic E-state index is 0.234. The Kier molecular flexibility index (Phi) is 4.64. The van der Waals surface area contributed by atoms with Crippen LogP contribution in [-0.2, 0) is 0 Å². The molecule has 4 rings (SSSR count). The molecule has 0 bridgehead atoms. The Hall–Kier alpha value is -3.50. The molecule has 1 amide bonds. The molecule has 0 aliphatic heterocycles. The van der Waals surface area contributed by atoms with Crippen molar-refractivity contribution in [2.24, 2.45) is 0 Å². The van der Waals surface area contributed by atoms with E-state index in [1.54, 1.807) is 18.2 Å². The van der Waals surface area contributed by atoms with Gasteiger partial charge in [0, 0.05) is 23.1 Å². The van der Waals surface area contributed by atoms with Crippen LogP contribution in [-0.4, -0.2) is 22.6 Å². The van der Waals surface area contributed by atoms with Crippen molar-refractivity contribution in [2.45, 2.75) is 6.42 Å². The number of nitriles is 1. The fraction of sp³-hybridized carbons (Fsp3) is 0.100. The first-order valence-electron chi connectivity index (χ1n) is 8.32. The normalized spacial score (nSPS) is 10.6. The molecular weight excluding hydrogens is 360 g/mol. The van der Waals surface area contributed by atoms with Crippen LogP contribution in [0.5, 0.6) is 0 Å². The highest BCUT2D eigenvalue weighted by Crippen LogP contribution is 2.32. The Bertz CT molecular complexity index is 1140. The van der Waals surface area contributed by atoms with E-state index in [2.05, 4.69) is 15.5 Å². The van der Waals surface area contributed by atoms with Gasteiger partial charge in [0.15, 0.2) is 5.58 Å². The van der Waals surface area contributed by atoms with Crippen LogP contribution >= 0.6 is 11.3 Å². The minimum atomic E-state index is -0.234. The summed E-state index contributed by atoms with van der Waals surface area (Å²) in [5.74, 6) is -0.234. The van der Waals surface area contributed by atoms with Crippen LogP contribution in [0, 0.1) is 11.3 Å². The Morgan fingerprint density at radius 2 is 2.07 bits per heavy atom. The van der Waals surface area contributed by atoms with Crippen molar-refractivity contribution < 1.29 is 9.32 Å². The molecule has 7 heteroatoms. The van der Waals surface area contributed by atoms with Crippen molar-refractivity contribution in [3.05, 3.63) is 59.5 Å². The highest BCUT2D eigenvalue weighted by Gasteiger charge is 2.16. The number of carbonyl (C=O) groups excluding carboxylic acids is 1. The number of hydrogen-bond donors (Lipinski definition) is 1. The van der Waals surface area contributed by atoms with Gasteiger partial charge in [-0.25, -0.2) is 4.98 Å². The average Bonchev–Trinajstić information content (AvgIpc) is 3.35. The lowest BCUT2D eigenvalue weighted by atomic mass is 10.1. The number of nitrogens with zero attached hydrogens (tertiary/aromatic N) is 3. The van der Waals surface area contributed by atoms with Gasteiger partial charge >= 0.3 is 0 Å². The zero-order valence-electron chi connectivity index (χ0n) is 14.2. The second kappa shape index (κ2) is 7.40. The molecule has 2 aromatic heterocycles. The molecule has 0 spiro atoms. The number of fused-ring (bicyclic) bond motifs is 1. The monoisotopic (exact) mass is 374 g/mol. The highest BCUT2D eigenvalue weighted by molar-refractivity contribution is 7.13. The first kappa shape index (κ1) is 16.9. The molecule has 0 saturated heterocycles. The van der Waals surface area contributed by atoms with E-state index in [1.807, 2.05) is 41.8 Å². The summed E-state index contributed by atoms with van der Waals surface area (Å²) < 4.78 is 5.39. The van der Waals surface area contributed by atoms with Crippen molar-refractivity contribution >= 4 is 28.2 Å². The second-order valence-electron chi connectivity index (χ2n) is 5.81. The van der Waals surface area contributed by atoms with Crippen LogP contribution in [0.4, 0.5) is 0 Å². The Balaban J connectivity index is 1.67. The van der Waals surface area contributed by atoms with Crippen molar-refractivity contribution in [3.8, 4) is 28.0 Å². The Morgan fingerprint density at radius 3 is 2.89 bits per heavy atom. The zero-order valence-corrected chi connectivity index (χ0v) is 15.0. The van der Waals surface area contributed by atoms with Crippen LogP contribution < -0.4 is 5.32 Å². The number of nitrogens with one attached hydrogen (secondary N) is 1. The molecule has 4 aromatic rings. The maximum Gasteiger partial charge on any atom is 0.251 e. The SMILES string of the molecule is N#CCCNC(=O)c1ccc2onc(-c3csc(-c4ccccc4)n3)c2c1. The largest absolute Gasteiger partial charge is 0.356 e. The number of benzene rings is 2. The number of amides is 1. The lowest BCUT2D eigenvalue weighted by molar-refractivity contribution is 0.0954. The molecule has 6 nitrogen and oxygen atoms in total. The van der Waals surface area contributed by atoms with Crippen molar-refractivity contribution in [2.75, 3.05) is 6.54 Å². The third-order valence-electron chi connectivity index (χ3n) is 4.02. The minimum Gasteiger partial charge on any atom is -0.356 e. The Labute approximate surface area is 159 Å². The summed E-state index contributed by atoms with van der Waals surface area (Å²) in [4.78, 5) is 16.9. The van der Waals surface area contributed by atoms with E-state index in [0.717, 1.165) is 16.0 Å². The lowest BCUT2D eigenvalue weighted by Gasteiger charge is -2.02. The van der Waals surface area contributed by atoms with Gasteiger partial charge in [-0.2, -0.15) is 5.26 Å². The molecule has 0 aliphatic carbocycles. The fourth-order valence-corrected chi connectivity index (χ4v) is 3.51. The van der Waals surface area contributed by atoms with E-state index in [1.165, 1.54) is 11.3 Å². The maximum absolute atomic E-state index is 12.2. The molecule has 132 valence electrons. The predicted octanol–water partition coefficient (Wildman–Crippen LogP) is 4.26. The Morgan fingerprint density at radius 1 is 1.22 bits per heavy atom. The quantitative estimate of drug-likeness (QED) is 0.527. The van der Waals surface area contributed by atoms with E-state index >= 15 is 0 Å². The van der Waals surface area contributed by atoms with Crippen LogP contribution in [0.15, 0.2) is 58.4 Å². The zero-order chi connectivity index (χ0) is 18.6. The van der Waals surface area contributed by atoms with Gasteiger partial charge in [-0.3, -0.25) is 4.79 Å². The molecule has 0 aliphatic rings. The third-order valence-corrected chi connectivity index (χ3v) is 4.91. The molecule has 2 aromatic carbocycles. The summed E-state index contributed by atoms with van der Waals surface area (Å²) in [5, 5.41) is 19.0. The fourth-order valence-electron chi connectivity index (χ4n) is 2.69. The number of carbonyl (C=O) groups is 1. The summed E-state index contributed by atoms with van der Waals surface area (Å²) in [5.41, 5.74) is 3.44. The number of hydrogen-bond acceptors (Lipinski definition) is 6. The summed E-state index contributed by atoms with van der Waals surface area (Å²) >= 11 is 1.53. The molecule has 0 radical (unpaired) electrons. The smallest absolute Gasteiger partial charge is 0.251 e. The first-order valence-corrected chi connectivity index (χ1v) is 9.20. The average molecular weight is 374 g/mol. The molecule has 0 unspecified atom stereocenters. The van der Waals surface area contributed by atoms with Gasteiger partial charge in [0.25, 0.3) is 5.91 Å². The van der Waals surface area contributed by atoms with E-state index in [0.29, 0.717) is 29.1 Å². The molecule has 0 saturated carbocycles. The first-order chi connectivity index (χ1) is 13.3. The number of aromatic nitrogens is 2. The second-order valence-corrected chi connectivity index (χ2v) is 6.67. The summed E-state index contributed by atoms with van der Waals surface area (Å²) in [7, 11) is 0. The van der Waals surface area contributed by atoms with Gasteiger partial charge < -0.3 is 9.84 Å². The van der Waals surface area contributed by atoms with E-state index in [-0.39, 0.29) is 12.3 Å². The highest BCUT2D eigenvalue weighted by atomic mass is 32.1. The summed E-state index contributed by atoms with van der Waals surface area (Å²) in [6, 6.07) is 17.1. The van der Waals surface area contributed by atoms with Crippen molar-refractivity contribution in [3.63, 3.8) is 0 Å². The number of thiazole rings is 1. The van der Waals surface area contributed by atoms with Gasteiger partial charge in [-0.1, -0.05) is 35.5 Å². The molecule has 0 fully saturated rings. The predicted molar refractivity (Wildman–Crippen MR) is 103 cm³/mol. The molecule has 2 heterocycles. The van der Waals surface area contributed by atoms with Gasteiger partial charge in [-0.05, 0) is 18.2 Å². The summed E-state index contributed by atoms with van der Waals surface area (Å²) in [6.45, 7) is 0.316. The molecular formula is C20H14N4O2S. The lowest BCUT2D eigenvalue weighted by Crippen LogP contribution is -2.24. The van der Waals surface area contributed by atoms with Crippen LogP contribution in [0.2, 0.25) is 0 Å². The third kappa shape index (κ3) is 3.43. The summed E-state index contributed by atoms with van der Waals surface area (Å²) in [6.07, 6.45) is 0.271. The van der Waals surface area contributed by atoms with Gasteiger partial charge in [-0.15, -0.1) is 11.3 Å². The molecule has 27 heavy (non-hydrogen) atoms. The van der Waals surface area contributed by atoms with E-state index in [4.69, 9.17) is 9.78 Å². The maximum atomic E-state index is 12.2.